The number of hydrogen-bond acceptors (Lipinski definition) is 8. The third-order valence-corrected chi connectivity index (χ3v) is 9.81. The van der Waals surface area contributed by atoms with Crippen LogP contribution in [0, 0.1) is 24.5 Å². The second-order valence-electron chi connectivity index (χ2n) is 14.4. The lowest BCUT2D eigenvalue weighted by Crippen LogP contribution is -2.60. The third kappa shape index (κ3) is 8.98. The molecule has 2 heterocycles. The van der Waals surface area contributed by atoms with Crippen molar-refractivity contribution in [3.05, 3.63) is 64.2 Å². The van der Waals surface area contributed by atoms with E-state index >= 15 is 4.39 Å². The summed E-state index contributed by atoms with van der Waals surface area (Å²) in [5.74, 6) is -7.25. The number of carboxylic acids is 2. The average Bonchev–Trinajstić information content (AvgIpc) is 3.35. The van der Waals surface area contributed by atoms with Gasteiger partial charge >= 0.3 is 11.9 Å². The lowest BCUT2D eigenvalue weighted by Gasteiger charge is -2.40. The predicted octanol–water partition coefficient (Wildman–Crippen LogP) is 2.51. The highest BCUT2D eigenvalue weighted by atomic mass is 19.1. The summed E-state index contributed by atoms with van der Waals surface area (Å²) in [4.78, 5) is 91.1. The molecule has 53 heavy (non-hydrogen) atoms. The number of benzene rings is 2. The highest BCUT2D eigenvalue weighted by Gasteiger charge is 2.45. The first-order valence-electron chi connectivity index (χ1n) is 17.3. The van der Waals surface area contributed by atoms with Gasteiger partial charge in [0.2, 0.25) is 23.6 Å². The van der Waals surface area contributed by atoms with Gasteiger partial charge in [0.15, 0.2) is 0 Å². The number of aryl methyl sites for hydroxylation is 1. The zero-order chi connectivity index (χ0) is 39.4. The Balaban J connectivity index is 1.62. The number of carboxylic acid groups (broad SMARTS) is 2. The molecule has 0 spiro atoms. The summed E-state index contributed by atoms with van der Waals surface area (Å²) in [5, 5.41) is 29.2. The minimum absolute atomic E-state index is 0.00764. The molecule has 16 heteroatoms. The van der Waals surface area contributed by atoms with Gasteiger partial charge in [0, 0.05) is 24.1 Å². The first kappa shape index (κ1) is 40.4. The molecule has 286 valence electrons. The molecule has 2 aliphatic heterocycles. The fraction of sp³-hybridized carbons (Fsp3) is 0.486. The van der Waals surface area contributed by atoms with Gasteiger partial charge in [-0.05, 0) is 72.6 Å². The molecule has 4 amide bonds. The lowest BCUT2D eigenvalue weighted by atomic mass is 9.80. The fourth-order valence-corrected chi connectivity index (χ4v) is 6.88. The summed E-state index contributed by atoms with van der Waals surface area (Å²) in [6, 6.07) is 0.483. The molecular weight excluding hydrogens is 696 g/mol. The predicted molar refractivity (Wildman–Crippen MR) is 187 cm³/mol. The molecule has 0 aromatic heterocycles. The molecule has 4 rings (SSSR count). The van der Waals surface area contributed by atoms with Crippen molar-refractivity contribution in [2.75, 3.05) is 11.9 Å². The molecule has 0 radical (unpaired) electrons. The normalized spacial score (nSPS) is 18.8. The number of rotatable bonds is 15. The van der Waals surface area contributed by atoms with Gasteiger partial charge in [-0.15, -0.1) is 0 Å². The molecule has 0 saturated heterocycles. The number of anilines is 1. The smallest absolute Gasteiger partial charge is 0.305 e. The van der Waals surface area contributed by atoms with E-state index < -0.39 is 95.2 Å². The van der Waals surface area contributed by atoms with Crippen LogP contribution in [0.1, 0.15) is 81.7 Å². The quantitative estimate of drug-likeness (QED) is 0.147. The first-order valence-corrected chi connectivity index (χ1v) is 17.3. The van der Waals surface area contributed by atoms with E-state index in [4.69, 9.17) is 0 Å². The zero-order valence-corrected chi connectivity index (χ0v) is 30.1. The summed E-state index contributed by atoms with van der Waals surface area (Å²) in [5.41, 5.74) is 0.781. The number of aldehydes is 1. The number of nitrogens with one attached hydrogen (secondary N) is 4. The fourth-order valence-electron chi connectivity index (χ4n) is 6.88. The second-order valence-corrected chi connectivity index (χ2v) is 14.4. The minimum Gasteiger partial charge on any atom is -0.481 e. The monoisotopic (exact) mass is 741 g/mol. The Kier molecular flexibility index (Phi) is 12.6. The Labute approximate surface area is 305 Å². The molecule has 0 saturated carbocycles. The number of nitrogens with zero attached hydrogens (tertiary/aromatic N) is 1. The van der Waals surface area contributed by atoms with Gasteiger partial charge < -0.3 is 41.2 Å². The zero-order valence-electron chi connectivity index (χ0n) is 30.1. The molecule has 0 aliphatic carbocycles. The summed E-state index contributed by atoms with van der Waals surface area (Å²) >= 11 is 0. The van der Waals surface area contributed by atoms with Crippen molar-refractivity contribution in [2.45, 2.75) is 102 Å². The van der Waals surface area contributed by atoms with Gasteiger partial charge in [0.05, 0.1) is 12.5 Å². The molecule has 0 unspecified atom stereocenters. The molecule has 2 aliphatic rings. The van der Waals surface area contributed by atoms with Crippen LogP contribution in [0.2, 0.25) is 0 Å². The van der Waals surface area contributed by atoms with E-state index in [0.717, 1.165) is 4.90 Å². The van der Waals surface area contributed by atoms with Crippen LogP contribution >= 0.6 is 0 Å². The van der Waals surface area contributed by atoms with Crippen molar-refractivity contribution in [3.63, 3.8) is 0 Å². The van der Waals surface area contributed by atoms with Gasteiger partial charge in [-0.1, -0.05) is 39.8 Å². The van der Waals surface area contributed by atoms with E-state index in [-0.39, 0.29) is 49.6 Å². The summed E-state index contributed by atoms with van der Waals surface area (Å²) in [6.07, 6.45) is -0.921. The van der Waals surface area contributed by atoms with Crippen LogP contribution in [0.15, 0.2) is 30.3 Å². The third-order valence-electron chi connectivity index (χ3n) is 9.81. The number of aliphatic carboxylic acids is 2. The van der Waals surface area contributed by atoms with Crippen LogP contribution < -0.4 is 21.3 Å². The molecule has 6 N–H and O–H groups in total. The number of fused-ring (bicyclic) bond motifs is 2. The van der Waals surface area contributed by atoms with Crippen molar-refractivity contribution in [3.8, 4) is 0 Å². The van der Waals surface area contributed by atoms with Crippen molar-refractivity contribution in [1.29, 1.82) is 0 Å². The number of carbonyl (C=O) groups is 7. The Morgan fingerprint density at radius 2 is 1.70 bits per heavy atom. The summed E-state index contributed by atoms with van der Waals surface area (Å²) in [7, 11) is 0. The molecule has 0 bridgehead atoms. The molecule has 0 fully saturated rings. The Bertz CT molecular complexity index is 1800. The van der Waals surface area contributed by atoms with Gasteiger partial charge in [-0.3, -0.25) is 28.8 Å². The Hall–Kier alpha value is -5.41. The highest BCUT2D eigenvalue weighted by Crippen LogP contribution is 2.41. The van der Waals surface area contributed by atoms with Crippen LogP contribution in [0.25, 0.3) is 0 Å². The number of hydrogen-bond donors (Lipinski definition) is 6. The highest BCUT2D eigenvalue weighted by molar-refractivity contribution is 5.97. The molecular formula is C37H45F2N5O9. The van der Waals surface area contributed by atoms with Crippen LogP contribution in [-0.2, 0) is 45.4 Å². The standard InChI is InChI=1S/C37H45F2N5O9/c1-18(2)30(36(53)44-14-13-22-23(11-9-19(3)29(22)39)31(44)34(51)40-21(17-45)16-28(48)49)43-33(50)26(7-6-8-27(46)47)42-35(52)32-37(4,5)24-15-20(38)10-12-25(24)41-32/h9-12,15,17-18,21,26,30-32,41H,6-8,13-14,16H2,1-5H3,(H,40,51)(H,42,52)(H,43,50)(H,46,47)(H,48,49)/t21-,26-,30-,31-,32+/m0/s1. The van der Waals surface area contributed by atoms with E-state index in [0.29, 0.717) is 16.8 Å². The summed E-state index contributed by atoms with van der Waals surface area (Å²) in [6.45, 7) is 8.10. The second kappa shape index (κ2) is 16.5. The first-order chi connectivity index (χ1) is 24.9. The molecule has 2 aromatic rings. The largest absolute Gasteiger partial charge is 0.481 e. The molecule has 14 nitrogen and oxygen atoms in total. The summed E-state index contributed by atoms with van der Waals surface area (Å²) < 4.78 is 29.4. The van der Waals surface area contributed by atoms with Crippen molar-refractivity contribution in [1.82, 2.24) is 20.9 Å². The van der Waals surface area contributed by atoms with Crippen LogP contribution in [0.4, 0.5) is 14.5 Å². The van der Waals surface area contributed by atoms with E-state index in [1.807, 2.05) is 0 Å². The maximum Gasteiger partial charge on any atom is 0.305 e. The number of carbonyl (C=O) groups excluding carboxylic acids is 5. The maximum atomic E-state index is 15.3. The minimum atomic E-state index is -1.50. The number of amides is 4. The van der Waals surface area contributed by atoms with E-state index in [1.54, 1.807) is 27.7 Å². The molecule has 2 aromatic carbocycles. The average molecular weight is 742 g/mol. The van der Waals surface area contributed by atoms with Crippen LogP contribution in [0.3, 0.4) is 0 Å². The SMILES string of the molecule is Cc1ccc2c(c1F)CCN(C(=O)[C@@H](NC(=O)[C@H](CCCC(=O)O)NC(=O)[C@H]1Nc3ccc(F)cc3C1(C)C)C(C)C)[C@@H]2C(=O)N[C@H](C=O)CC(=O)O. The van der Waals surface area contributed by atoms with E-state index in [2.05, 4.69) is 21.3 Å². The van der Waals surface area contributed by atoms with Gasteiger partial charge in [-0.25, -0.2) is 8.78 Å². The van der Waals surface area contributed by atoms with Gasteiger partial charge in [-0.2, -0.15) is 0 Å². The van der Waals surface area contributed by atoms with Crippen LogP contribution in [-0.4, -0.2) is 87.7 Å². The Morgan fingerprint density at radius 3 is 2.32 bits per heavy atom. The molecule has 5 atom stereocenters. The topological polar surface area (TPSA) is 211 Å². The van der Waals surface area contributed by atoms with Crippen LogP contribution in [0.5, 0.6) is 0 Å². The van der Waals surface area contributed by atoms with E-state index in [9.17, 15) is 48.2 Å². The van der Waals surface area contributed by atoms with Crippen molar-refractivity contribution in [2.24, 2.45) is 5.92 Å². The Morgan fingerprint density at radius 1 is 1.00 bits per heavy atom. The van der Waals surface area contributed by atoms with Crippen molar-refractivity contribution < 1.29 is 52.6 Å². The van der Waals surface area contributed by atoms with Gasteiger partial charge in [0.1, 0.15) is 42.1 Å². The van der Waals surface area contributed by atoms with Crippen molar-refractivity contribution >= 4 is 47.5 Å². The lowest BCUT2D eigenvalue weighted by molar-refractivity contribution is -0.146. The maximum absolute atomic E-state index is 15.3. The van der Waals surface area contributed by atoms with Gasteiger partial charge in [0.25, 0.3) is 0 Å². The number of halogens is 2. The van der Waals surface area contributed by atoms with E-state index in [1.165, 1.54) is 37.3 Å².